The second kappa shape index (κ2) is 4.20. The summed E-state index contributed by atoms with van der Waals surface area (Å²) in [5.41, 5.74) is 7.36. The van der Waals surface area contributed by atoms with Crippen LogP contribution in [0.1, 0.15) is 45.7 Å². The van der Waals surface area contributed by atoms with E-state index in [9.17, 15) is 0 Å². The second-order valence-corrected chi connectivity index (χ2v) is 6.96. The molecule has 2 N–H and O–H groups in total. The van der Waals surface area contributed by atoms with Gasteiger partial charge in [0, 0.05) is 0 Å². The zero-order valence-corrected chi connectivity index (χ0v) is 12.1. The zero-order chi connectivity index (χ0) is 13.7. The largest absolute Gasteiger partial charge is 0.384 e. The maximum absolute atomic E-state index is 6.20. The fourth-order valence-corrected chi connectivity index (χ4v) is 4.15. The van der Waals surface area contributed by atoms with Gasteiger partial charge in [-0.15, -0.1) is 0 Å². The van der Waals surface area contributed by atoms with Crippen LogP contribution in [0.4, 0.5) is 5.82 Å². The molecule has 3 heteroatoms. The van der Waals surface area contributed by atoms with Gasteiger partial charge in [0.15, 0.2) is 0 Å². The molecule has 19 heavy (non-hydrogen) atoms. The quantitative estimate of drug-likeness (QED) is 0.906. The number of nitrogens with two attached hydrogens (primary N) is 1. The van der Waals surface area contributed by atoms with E-state index in [1.165, 1.54) is 19.3 Å². The summed E-state index contributed by atoms with van der Waals surface area (Å²) in [6.45, 7) is 7.80. The second-order valence-electron chi connectivity index (χ2n) is 6.96. The summed E-state index contributed by atoms with van der Waals surface area (Å²) in [5, 5.41) is 0. The van der Waals surface area contributed by atoms with Gasteiger partial charge in [0.25, 0.3) is 0 Å². The molecule has 2 fully saturated rings. The van der Waals surface area contributed by atoms with Crippen molar-refractivity contribution in [3.05, 3.63) is 23.9 Å². The van der Waals surface area contributed by atoms with Crippen molar-refractivity contribution in [2.45, 2.75) is 52.7 Å². The van der Waals surface area contributed by atoms with Gasteiger partial charge < -0.3 is 10.5 Å². The molecule has 3 unspecified atom stereocenters. The Morgan fingerprint density at radius 2 is 2.16 bits per heavy atom. The Kier molecular flexibility index (Phi) is 2.86. The smallest absolute Gasteiger partial charge is 0.123 e. The number of nitrogen functional groups attached to an aromatic ring is 1. The number of hydrogen-bond acceptors (Lipinski definition) is 3. The highest BCUT2D eigenvalue weighted by Crippen LogP contribution is 2.66. The molecule has 0 saturated heterocycles. The van der Waals surface area contributed by atoms with Crippen LogP contribution in [0.5, 0.6) is 0 Å². The van der Waals surface area contributed by atoms with Gasteiger partial charge in [0.1, 0.15) is 5.82 Å². The van der Waals surface area contributed by atoms with Gasteiger partial charge >= 0.3 is 0 Å². The van der Waals surface area contributed by atoms with Crippen molar-refractivity contribution in [2.75, 3.05) is 5.73 Å². The Bertz CT molecular complexity index is 485. The molecule has 0 spiro atoms. The summed E-state index contributed by atoms with van der Waals surface area (Å²) in [7, 11) is 0. The summed E-state index contributed by atoms with van der Waals surface area (Å²) in [6, 6.07) is 5.73. The fraction of sp³-hybridized carbons (Fsp3) is 0.688. The van der Waals surface area contributed by atoms with Gasteiger partial charge in [-0.3, -0.25) is 0 Å². The first-order valence-electron chi connectivity index (χ1n) is 7.26. The summed E-state index contributed by atoms with van der Waals surface area (Å²) >= 11 is 0. The molecule has 1 aromatic rings. The number of aromatic nitrogens is 1. The van der Waals surface area contributed by atoms with E-state index in [-0.39, 0.29) is 0 Å². The lowest BCUT2D eigenvalue weighted by Gasteiger charge is -2.38. The molecule has 104 valence electrons. The molecule has 3 nitrogen and oxygen atoms in total. The highest BCUT2D eigenvalue weighted by molar-refractivity contribution is 5.28. The Labute approximate surface area is 115 Å². The van der Waals surface area contributed by atoms with E-state index in [1.807, 2.05) is 18.2 Å². The minimum Gasteiger partial charge on any atom is -0.384 e. The Morgan fingerprint density at radius 3 is 2.74 bits per heavy atom. The van der Waals surface area contributed by atoms with Crippen molar-refractivity contribution in [2.24, 2.45) is 16.7 Å². The molecule has 2 aliphatic rings. The Morgan fingerprint density at radius 1 is 1.37 bits per heavy atom. The van der Waals surface area contributed by atoms with Crippen LogP contribution in [0.25, 0.3) is 0 Å². The molecular weight excluding hydrogens is 236 g/mol. The van der Waals surface area contributed by atoms with Crippen LogP contribution in [0.3, 0.4) is 0 Å². The van der Waals surface area contributed by atoms with E-state index in [2.05, 4.69) is 25.8 Å². The predicted octanol–water partition coefficient (Wildman–Crippen LogP) is 3.40. The van der Waals surface area contributed by atoms with E-state index >= 15 is 0 Å². The zero-order valence-electron chi connectivity index (χ0n) is 12.1. The molecule has 0 aliphatic heterocycles. The van der Waals surface area contributed by atoms with Crippen molar-refractivity contribution in [1.29, 1.82) is 0 Å². The average Bonchev–Trinajstić information content (AvgIpc) is 2.69. The molecule has 0 radical (unpaired) electrons. The molecule has 1 aromatic heterocycles. The summed E-state index contributed by atoms with van der Waals surface area (Å²) in [6.07, 6.45) is 4.22. The first-order valence-corrected chi connectivity index (χ1v) is 7.26. The van der Waals surface area contributed by atoms with Gasteiger partial charge in [0.05, 0.1) is 18.4 Å². The van der Waals surface area contributed by atoms with Gasteiger partial charge in [-0.25, -0.2) is 4.98 Å². The standard InChI is InChI=1S/C16H24N2O/c1-15(2)11-7-8-16(15,3)13(9-11)19-10-12-5-4-6-14(17)18-12/h4-6,11,13H,7-10H2,1-3H3,(H2,17,18). The third kappa shape index (κ3) is 1.86. The highest BCUT2D eigenvalue weighted by Gasteiger charge is 2.61. The van der Waals surface area contributed by atoms with Gasteiger partial charge in [-0.05, 0) is 48.1 Å². The van der Waals surface area contributed by atoms with Gasteiger partial charge in [0.2, 0.25) is 0 Å². The number of nitrogens with zero attached hydrogens (tertiary/aromatic N) is 1. The normalized spacial score (nSPS) is 35.7. The number of rotatable bonds is 3. The molecule has 1 heterocycles. The van der Waals surface area contributed by atoms with Gasteiger partial charge in [-0.2, -0.15) is 0 Å². The van der Waals surface area contributed by atoms with E-state index in [0.29, 0.717) is 29.4 Å². The van der Waals surface area contributed by atoms with Crippen molar-refractivity contribution in [3.8, 4) is 0 Å². The van der Waals surface area contributed by atoms with Crippen molar-refractivity contribution in [1.82, 2.24) is 4.98 Å². The van der Waals surface area contributed by atoms with Crippen LogP contribution in [-0.4, -0.2) is 11.1 Å². The van der Waals surface area contributed by atoms with Crippen LogP contribution < -0.4 is 5.73 Å². The fourth-order valence-electron chi connectivity index (χ4n) is 4.15. The molecule has 0 amide bonds. The maximum Gasteiger partial charge on any atom is 0.123 e. The lowest BCUT2D eigenvalue weighted by atomic mass is 9.70. The van der Waals surface area contributed by atoms with Crippen LogP contribution in [-0.2, 0) is 11.3 Å². The van der Waals surface area contributed by atoms with E-state index < -0.39 is 0 Å². The number of ether oxygens (including phenoxy) is 1. The highest BCUT2D eigenvalue weighted by atomic mass is 16.5. The lowest BCUT2D eigenvalue weighted by Crippen LogP contribution is -2.37. The molecule has 3 rings (SSSR count). The van der Waals surface area contributed by atoms with E-state index in [1.54, 1.807) is 0 Å². The van der Waals surface area contributed by atoms with Crippen LogP contribution >= 0.6 is 0 Å². The average molecular weight is 260 g/mol. The van der Waals surface area contributed by atoms with Gasteiger partial charge in [-0.1, -0.05) is 26.8 Å². The van der Waals surface area contributed by atoms with Crippen LogP contribution in [0.15, 0.2) is 18.2 Å². The monoisotopic (exact) mass is 260 g/mol. The first kappa shape index (κ1) is 12.9. The number of fused-ring (bicyclic) bond motifs is 2. The summed E-state index contributed by atoms with van der Waals surface area (Å²) < 4.78 is 6.20. The van der Waals surface area contributed by atoms with Crippen LogP contribution in [0, 0.1) is 16.7 Å². The van der Waals surface area contributed by atoms with Crippen molar-refractivity contribution < 1.29 is 4.74 Å². The first-order chi connectivity index (χ1) is 8.93. The molecule has 0 aromatic carbocycles. The van der Waals surface area contributed by atoms with E-state index in [4.69, 9.17) is 10.5 Å². The Balaban J connectivity index is 1.69. The molecule has 2 bridgehead atoms. The topological polar surface area (TPSA) is 48.1 Å². The third-order valence-electron chi connectivity index (χ3n) is 5.97. The summed E-state index contributed by atoms with van der Waals surface area (Å²) in [5.74, 6) is 1.39. The SMILES string of the molecule is CC1(C)C2CCC1(C)C(OCc1cccc(N)n1)C2. The molecule has 2 saturated carbocycles. The number of hydrogen-bond donors (Lipinski definition) is 1. The van der Waals surface area contributed by atoms with Crippen molar-refractivity contribution >= 4 is 5.82 Å². The summed E-state index contributed by atoms with van der Waals surface area (Å²) in [4.78, 5) is 4.31. The molecule has 2 aliphatic carbocycles. The molecular formula is C16H24N2O. The minimum absolute atomic E-state index is 0.317. The third-order valence-corrected chi connectivity index (χ3v) is 5.97. The van der Waals surface area contributed by atoms with Crippen LogP contribution in [0.2, 0.25) is 0 Å². The Hall–Kier alpha value is -1.09. The lowest BCUT2D eigenvalue weighted by molar-refractivity contribution is -0.0559. The van der Waals surface area contributed by atoms with E-state index in [0.717, 1.165) is 11.6 Å². The maximum atomic E-state index is 6.20. The predicted molar refractivity (Wildman–Crippen MR) is 76.5 cm³/mol. The molecule has 3 atom stereocenters. The van der Waals surface area contributed by atoms with Crippen molar-refractivity contribution in [3.63, 3.8) is 0 Å². The number of anilines is 1. The number of pyridine rings is 1. The minimum atomic E-state index is 0.317.